The van der Waals surface area contributed by atoms with Gasteiger partial charge in [0, 0.05) is 22.1 Å². The van der Waals surface area contributed by atoms with Gasteiger partial charge < -0.3 is 9.30 Å². The summed E-state index contributed by atoms with van der Waals surface area (Å²) in [6.07, 6.45) is 1.63. The van der Waals surface area contributed by atoms with Gasteiger partial charge in [0.2, 0.25) is 0 Å². The van der Waals surface area contributed by atoms with Crippen LogP contribution in [0.15, 0.2) is 84.4 Å². The molecular formula is C31H26ClN3O3S. The molecule has 0 unspecified atom stereocenters. The van der Waals surface area contributed by atoms with E-state index >= 15 is 0 Å². The Morgan fingerprint density at radius 2 is 1.64 bits per heavy atom. The lowest BCUT2D eigenvalue weighted by atomic mass is 10.1. The number of carbonyl (C=O) groups is 2. The summed E-state index contributed by atoms with van der Waals surface area (Å²) < 4.78 is 7.99. The molecule has 2 heterocycles. The van der Waals surface area contributed by atoms with Gasteiger partial charge in [-0.15, -0.1) is 0 Å². The molecule has 0 atom stereocenters. The van der Waals surface area contributed by atoms with E-state index < -0.39 is 11.8 Å². The summed E-state index contributed by atoms with van der Waals surface area (Å²) in [5.74, 6) is -0.220. The van der Waals surface area contributed by atoms with Crippen molar-refractivity contribution in [1.29, 1.82) is 0 Å². The number of aryl methyl sites for hydroxylation is 2. The van der Waals surface area contributed by atoms with E-state index in [9.17, 15) is 9.59 Å². The van der Waals surface area contributed by atoms with Crippen LogP contribution in [0.25, 0.3) is 11.8 Å². The Kier molecular flexibility index (Phi) is 7.37. The molecule has 1 N–H and O–H groups in total. The first-order valence-electron chi connectivity index (χ1n) is 12.4. The van der Waals surface area contributed by atoms with Gasteiger partial charge in [-0.1, -0.05) is 41.9 Å². The highest BCUT2D eigenvalue weighted by Crippen LogP contribution is 2.28. The number of halogens is 1. The van der Waals surface area contributed by atoms with Gasteiger partial charge in [-0.2, -0.15) is 0 Å². The first-order chi connectivity index (χ1) is 18.7. The van der Waals surface area contributed by atoms with E-state index in [4.69, 9.17) is 28.6 Å². The molecule has 1 fully saturated rings. The van der Waals surface area contributed by atoms with Crippen LogP contribution in [-0.4, -0.2) is 21.5 Å². The summed E-state index contributed by atoms with van der Waals surface area (Å²) in [4.78, 5) is 27.7. The number of amides is 2. The van der Waals surface area contributed by atoms with Gasteiger partial charge >= 0.3 is 0 Å². The molecule has 6 nitrogen and oxygen atoms in total. The fourth-order valence-electron chi connectivity index (χ4n) is 4.62. The lowest BCUT2D eigenvalue weighted by molar-refractivity contribution is -0.122. The monoisotopic (exact) mass is 555 g/mol. The molecule has 196 valence electrons. The minimum atomic E-state index is -0.512. The van der Waals surface area contributed by atoms with Crippen molar-refractivity contribution in [3.8, 4) is 11.4 Å². The third-order valence-electron chi connectivity index (χ3n) is 6.64. The maximum atomic E-state index is 13.5. The Balaban J connectivity index is 1.40. The van der Waals surface area contributed by atoms with Gasteiger partial charge in [0.25, 0.3) is 11.8 Å². The maximum absolute atomic E-state index is 13.5. The van der Waals surface area contributed by atoms with E-state index in [0.717, 1.165) is 39.5 Å². The number of hydrogen-bond acceptors (Lipinski definition) is 4. The zero-order chi connectivity index (χ0) is 27.7. The third kappa shape index (κ3) is 5.37. The Morgan fingerprint density at radius 3 is 2.33 bits per heavy atom. The molecule has 3 aromatic carbocycles. The molecule has 1 aliphatic rings. The van der Waals surface area contributed by atoms with Crippen molar-refractivity contribution in [2.45, 2.75) is 27.4 Å². The molecular weight excluding hydrogens is 530 g/mol. The van der Waals surface area contributed by atoms with Gasteiger partial charge in [0.05, 0.1) is 5.69 Å². The minimum absolute atomic E-state index is 0.0260. The molecule has 0 radical (unpaired) electrons. The molecule has 0 aliphatic carbocycles. The van der Waals surface area contributed by atoms with Crippen LogP contribution in [0.4, 0.5) is 5.69 Å². The van der Waals surface area contributed by atoms with E-state index in [1.54, 1.807) is 6.08 Å². The topological polar surface area (TPSA) is 63.6 Å². The second-order valence-corrected chi connectivity index (χ2v) is 10.1. The smallest absolute Gasteiger partial charge is 0.270 e. The number of thiocarbonyl (C=S) groups is 1. The summed E-state index contributed by atoms with van der Waals surface area (Å²) >= 11 is 11.3. The number of para-hydroxylation sites is 1. The van der Waals surface area contributed by atoms with Crippen LogP contribution in [0, 0.1) is 20.8 Å². The van der Waals surface area contributed by atoms with E-state index in [2.05, 4.69) is 9.88 Å². The highest BCUT2D eigenvalue weighted by atomic mass is 35.5. The predicted octanol–water partition coefficient (Wildman–Crippen LogP) is 6.47. The average Bonchev–Trinajstić information content (AvgIpc) is 3.20. The number of nitrogens with zero attached hydrogens (tertiary/aromatic N) is 2. The summed E-state index contributed by atoms with van der Waals surface area (Å²) in [6, 6.07) is 24.7. The molecule has 0 spiro atoms. The third-order valence-corrected chi connectivity index (χ3v) is 7.18. The van der Waals surface area contributed by atoms with Crippen molar-refractivity contribution in [1.82, 2.24) is 9.88 Å². The normalized spacial score (nSPS) is 14.6. The molecule has 8 heteroatoms. The standard InChI is InChI=1S/C31H26ClN3O3S/c1-19-6-4-5-7-28(19)35-30(37)27(29(36)33-31(35)39)17-23-16-20(2)34(21(23)3)25-12-14-26(15-13-25)38-18-22-8-10-24(32)11-9-22/h4-17H,18H2,1-3H3,(H,33,36,39)/b27-17+. The van der Waals surface area contributed by atoms with E-state index in [0.29, 0.717) is 17.3 Å². The number of rotatable bonds is 6. The van der Waals surface area contributed by atoms with E-state index in [-0.39, 0.29) is 10.7 Å². The first kappa shape index (κ1) is 26.4. The lowest BCUT2D eigenvalue weighted by Gasteiger charge is -2.30. The van der Waals surface area contributed by atoms with Crippen molar-refractivity contribution in [2.24, 2.45) is 0 Å². The average molecular weight is 556 g/mol. The molecule has 39 heavy (non-hydrogen) atoms. The number of ether oxygens (including phenoxy) is 1. The summed E-state index contributed by atoms with van der Waals surface area (Å²) in [5, 5.41) is 3.42. The zero-order valence-electron chi connectivity index (χ0n) is 21.7. The van der Waals surface area contributed by atoms with Gasteiger partial charge in [0.15, 0.2) is 5.11 Å². The molecule has 2 amide bonds. The number of carbonyl (C=O) groups excluding carboxylic acids is 2. The molecule has 4 aromatic rings. The largest absolute Gasteiger partial charge is 0.489 e. The fraction of sp³-hybridized carbons (Fsp3) is 0.129. The Hall–Kier alpha value is -4.20. The highest BCUT2D eigenvalue weighted by molar-refractivity contribution is 7.80. The first-order valence-corrected chi connectivity index (χ1v) is 13.2. The van der Waals surface area contributed by atoms with Gasteiger partial charge in [-0.25, -0.2) is 0 Å². The van der Waals surface area contributed by atoms with Crippen LogP contribution in [0.5, 0.6) is 5.75 Å². The molecule has 5 rings (SSSR count). The Bertz CT molecular complexity index is 1620. The van der Waals surface area contributed by atoms with E-state index in [1.165, 1.54) is 4.90 Å². The highest BCUT2D eigenvalue weighted by Gasteiger charge is 2.35. The second-order valence-electron chi connectivity index (χ2n) is 9.32. The number of nitrogens with one attached hydrogen (secondary N) is 1. The molecule has 1 aliphatic heterocycles. The molecule has 0 bridgehead atoms. The summed E-state index contributed by atoms with van der Waals surface area (Å²) in [5.41, 5.74) is 6.14. The van der Waals surface area contributed by atoms with Gasteiger partial charge in [-0.3, -0.25) is 19.8 Å². The van der Waals surface area contributed by atoms with Crippen molar-refractivity contribution >= 4 is 52.5 Å². The minimum Gasteiger partial charge on any atom is -0.489 e. The second kappa shape index (κ2) is 10.9. The molecule has 1 aromatic heterocycles. The molecule has 0 saturated carbocycles. The zero-order valence-corrected chi connectivity index (χ0v) is 23.3. The number of benzene rings is 3. The lowest BCUT2D eigenvalue weighted by Crippen LogP contribution is -2.54. The van der Waals surface area contributed by atoms with Crippen molar-refractivity contribution in [3.63, 3.8) is 0 Å². The van der Waals surface area contributed by atoms with Gasteiger partial charge in [0.1, 0.15) is 17.9 Å². The Labute approximate surface area is 237 Å². The Morgan fingerprint density at radius 1 is 0.949 bits per heavy atom. The van der Waals surface area contributed by atoms with Gasteiger partial charge in [-0.05, 0) is 104 Å². The van der Waals surface area contributed by atoms with Crippen LogP contribution in [0.1, 0.15) is 28.1 Å². The van der Waals surface area contributed by atoms with Crippen LogP contribution in [0.3, 0.4) is 0 Å². The van der Waals surface area contributed by atoms with E-state index in [1.807, 2.05) is 99.6 Å². The van der Waals surface area contributed by atoms with Crippen molar-refractivity contribution < 1.29 is 14.3 Å². The van der Waals surface area contributed by atoms with Crippen LogP contribution in [-0.2, 0) is 16.2 Å². The van der Waals surface area contributed by atoms with Crippen LogP contribution >= 0.6 is 23.8 Å². The summed E-state index contributed by atoms with van der Waals surface area (Å²) in [7, 11) is 0. The number of hydrogen-bond donors (Lipinski definition) is 1. The predicted molar refractivity (Wildman–Crippen MR) is 158 cm³/mol. The number of aromatic nitrogens is 1. The van der Waals surface area contributed by atoms with Crippen LogP contribution < -0.4 is 15.0 Å². The maximum Gasteiger partial charge on any atom is 0.270 e. The quantitative estimate of drug-likeness (QED) is 0.168. The van der Waals surface area contributed by atoms with Crippen LogP contribution in [0.2, 0.25) is 5.02 Å². The fourth-order valence-corrected chi connectivity index (χ4v) is 5.02. The number of anilines is 1. The molecule has 1 saturated heterocycles. The van der Waals surface area contributed by atoms with Crippen molar-refractivity contribution in [2.75, 3.05) is 4.90 Å². The SMILES string of the molecule is Cc1ccccc1N1C(=O)/C(=C/c2cc(C)n(-c3ccc(OCc4ccc(Cl)cc4)cc3)c2C)C(=O)NC1=S. The summed E-state index contributed by atoms with van der Waals surface area (Å²) in [6.45, 7) is 6.28. The van der Waals surface area contributed by atoms with Crippen molar-refractivity contribution in [3.05, 3.63) is 118 Å².